The molecule has 0 saturated carbocycles. The first-order valence-electron chi connectivity index (χ1n) is 5.94. The zero-order valence-electron chi connectivity index (χ0n) is 11.4. The highest BCUT2D eigenvalue weighted by Crippen LogP contribution is 2.23. The molecule has 0 aliphatic rings. The van der Waals surface area contributed by atoms with Crippen LogP contribution in [0.5, 0.6) is 11.5 Å². The van der Waals surface area contributed by atoms with E-state index >= 15 is 0 Å². The highest BCUT2D eigenvalue weighted by molar-refractivity contribution is 5.85. The molecule has 20 heavy (non-hydrogen) atoms. The van der Waals surface area contributed by atoms with Gasteiger partial charge in [0.1, 0.15) is 11.5 Å². The van der Waals surface area contributed by atoms with Gasteiger partial charge in [0.05, 0.1) is 26.7 Å². The van der Waals surface area contributed by atoms with Crippen molar-refractivity contribution in [3.8, 4) is 11.5 Å². The van der Waals surface area contributed by atoms with Crippen LogP contribution in [-0.2, 0) is 16.1 Å². The second-order valence-corrected chi connectivity index (χ2v) is 4.10. The number of benzene rings is 1. The maximum absolute atomic E-state index is 11.6. The molecule has 1 aromatic carbocycles. The number of ether oxygens (including phenoxy) is 2. The van der Waals surface area contributed by atoms with E-state index in [9.17, 15) is 9.59 Å². The molecule has 110 valence electrons. The molecule has 0 saturated heterocycles. The number of carbonyl (C=O) groups excluding carboxylic acids is 1. The molecule has 1 atom stereocenters. The SMILES string of the molecule is COc1ccc(OC)c(CNC(=O)C(N)CC(=O)O)c1. The Hall–Kier alpha value is -2.28. The van der Waals surface area contributed by atoms with Gasteiger partial charge < -0.3 is 25.6 Å². The van der Waals surface area contributed by atoms with E-state index in [2.05, 4.69) is 5.32 Å². The highest BCUT2D eigenvalue weighted by Gasteiger charge is 2.17. The topological polar surface area (TPSA) is 111 Å². The van der Waals surface area contributed by atoms with Gasteiger partial charge in [-0.15, -0.1) is 0 Å². The molecule has 1 aromatic rings. The summed E-state index contributed by atoms with van der Waals surface area (Å²) in [4.78, 5) is 22.1. The predicted octanol–water partition coefficient (Wildman–Crippen LogP) is 0.122. The minimum Gasteiger partial charge on any atom is -0.497 e. The Bertz CT molecular complexity index is 490. The molecular formula is C13H18N2O5. The maximum atomic E-state index is 11.6. The smallest absolute Gasteiger partial charge is 0.305 e. The molecule has 7 nitrogen and oxygen atoms in total. The van der Waals surface area contributed by atoms with Gasteiger partial charge in [0, 0.05) is 12.1 Å². The predicted molar refractivity (Wildman–Crippen MR) is 71.6 cm³/mol. The van der Waals surface area contributed by atoms with Gasteiger partial charge in [0.2, 0.25) is 5.91 Å². The lowest BCUT2D eigenvalue weighted by Gasteiger charge is -2.13. The van der Waals surface area contributed by atoms with Crippen molar-refractivity contribution in [3.05, 3.63) is 23.8 Å². The molecule has 7 heteroatoms. The molecule has 0 heterocycles. The van der Waals surface area contributed by atoms with Gasteiger partial charge >= 0.3 is 5.97 Å². The van der Waals surface area contributed by atoms with Crippen molar-refractivity contribution in [1.29, 1.82) is 0 Å². The average molecular weight is 282 g/mol. The lowest BCUT2D eigenvalue weighted by atomic mass is 10.1. The molecule has 1 amide bonds. The minimum absolute atomic E-state index is 0.173. The van der Waals surface area contributed by atoms with E-state index in [4.69, 9.17) is 20.3 Å². The normalized spacial score (nSPS) is 11.6. The summed E-state index contributed by atoms with van der Waals surface area (Å²) in [5.41, 5.74) is 6.17. The Morgan fingerprint density at radius 2 is 2.05 bits per heavy atom. The summed E-state index contributed by atoms with van der Waals surface area (Å²) >= 11 is 0. The van der Waals surface area contributed by atoms with Crippen molar-refractivity contribution in [2.24, 2.45) is 5.73 Å². The number of hydrogen-bond donors (Lipinski definition) is 3. The van der Waals surface area contributed by atoms with Gasteiger partial charge in [0.15, 0.2) is 0 Å². The molecule has 0 aliphatic carbocycles. The van der Waals surface area contributed by atoms with Crippen molar-refractivity contribution >= 4 is 11.9 Å². The summed E-state index contributed by atoms with van der Waals surface area (Å²) < 4.78 is 10.3. The molecule has 0 bridgehead atoms. The summed E-state index contributed by atoms with van der Waals surface area (Å²) in [6.45, 7) is 0.173. The van der Waals surface area contributed by atoms with E-state index in [1.54, 1.807) is 18.2 Å². The second-order valence-electron chi connectivity index (χ2n) is 4.10. The fourth-order valence-corrected chi connectivity index (χ4v) is 1.61. The van der Waals surface area contributed by atoms with Crippen molar-refractivity contribution in [3.63, 3.8) is 0 Å². The Morgan fingerprint density at radius 3 is 2.60 bits per heavy atom. The van der Waals surface area contributed by atoms with E-state index < -0.39 is 24.3 Å². The molecule has 1 unspecified atom stereocenters. The van der Waals surface area contributed by atoms with Crippen LogP contribution in [0.15, 0.2) is 18.2 Å². The molecule has 4 N–H and O–H groups in total. The van der Waals surface area contributed by atoms with Crippen LogP contribution in [0.4, 0.5) is 0 Å². The third kappa shape index (κ3) is 4.43. The fraction of sp³-hybridized carbons (Fsp3) is 0.385. The number of hydrogen-bond acceptors (Lipinski definition) is 5. The van der Waals surface area contributed by atoms with Crippen molar-refractivity contribution in [2.45, 2.75) is 19.0 Å². The van der Waals surface area contributed by atoms with Crippen molar-refractivity contribution < 1.29 is 24.2 Å². The molecule has 0 fully saturated rings. The molecule has 0 radical (unpaired) electrons. The van der Waals surface area contributed by atoms with Crippen LogP contribution < -0.4 is 20.5 Å². The first kappa shape index (κ1) is 15.8. The summed E-state index contributed by atoms with van der Waals surface area (Å²) in [5.74, 6) is -0.424. The van der Waals surface area contributed by atoms with E-state index in [0.717, 1.165) is 0 Å². The summed E-state index contributed by atoms with van der Waals surface area (Å²) in [7, 11) is 3.05. The third-order valence-electron chi connectivity index (χ3n) is 2.67. The minimum atomic E-state index is -1.12. The largest absolute Gasteiger partial charge is 0.497 e. The summed E-state index contributed by atoms with van der Waals surface area (Å²) in [6, 6.07) is 4.10. The van der Waals surface area contributed by atoms with Gasteiger partial charge in [0.25, 0.3) is 0 Å². The number of amides is 1. The second kappa shape index (κ2) is 7.34. The third-order valence-corrected chi connectivity index (χ3v) is 2.67. The van der Waals surface area contributed by atoms with Gasteiger partial charge in [-0.25, -0.2) is 0 Å². The van der Waals surface area contributed by atoms with Crippen LogP contribution in [0, 0.1) is 0 Å². The Morgan fingerprint density at radius 1 is 1.35 bits per heavy atom. The van der Waals surface area contributed by atoms with E-state index in [1.165, 1.54) is 14.2 Å². The van der Waals surface area contributed by atoms with Gasteiger partial charge in [-0.2, -0.15) is 0 Å². The van der Waals surface area contributed by atoms with Crippen LogP contribution in [0.2, 0.25) is 0 Å². The Balaban J connectivity index is 2.68. The van der Waals surface area contributed by atoms with E-state index in [0.29, 0.717) is 17.1 Å². The Kier molecular flexibility index (Phi) is 5.79. The van der Waals surface area contributed by atoms with E-state index in [1.807, 2.05) is 0 Å². The van der Waals surface area contributed by atoms with Crippen LogP contribution in [0.1, 0.15) is 12.0 Å². The first-order valence-corrected chi connectivity index (χ1v) is 5.94. The Labute approximate surface area is 116 Å². The van der Waals surface area contributed by atoms with Crippen LogP contribution in [-0.4, -0.2) is 37.2 Å². The lowest BCUT2D eigenvalue weighted by molar-refractivity contribution is -0.139. The number of nitrogens with two attached hydrogens (primary N) is 1. The quantitative estimate of drug-likeness (QED) is 0.655. The standard InChI is InChI=1S/C13H18N2O5/c1-19-9-3-4-11(20-2)8(5-9)7-15-13(18)10(14)6-12(16)17/h3-5,10H,6-7,14H2,1-2H3,(H,15,18)(H,16,17). The lowest BCUT2D eigenvalue weighted by Crippen LogP contribution is -2.41. The fourth-order valence-electron chi connectivity index (χ4n) is 1.61. The first-order chi connectivity index (χ1) is 9.47. The number of rotatable bonds is 7. The zero-order valence-corrected chi connectivity index (χ0v) is 11.4. The molecule has 1 rings (SSSR count). The number of methoxy groups -OCH3 is 2. The molecular weight excluding hydrogens is 264 g/mol. The number of aliphatic carboxylic acids is 1. The van der Waals surface area contributed by atoms with Crippen LogP contribution in [0.25, 0.3) is 0 Å². The maximum Gasteiger partial charge on any atom is 0.305 e. The number of carbonyl (C=O) groups is 2. The number of nitrogens with one attached hydrogen (secondary N) is 1. The van der Waals surface area contributed by atoms with Crippen LogP contribution >= 0.6 is 0 Å². The van der Waals surface area contributed by atoms with Gasteiger partial charge in [-0.05, 0) is 18.2 Å². The van der Waals surface area contributed by atoms with Crippen molar-refractivity contribution in [2.75, 3.05) is 14.2 Å². The zero-order chi connectivity index (χ0) is 15.1. The molecule has 0 aromatic heterocycles. The molecule has 0 spiro atoms. The van der Waals surface area contributed by atoms with E-state index in [-0.39, 0.29) is 6.54 Å². The van der Waals surface area contributed by atoms with Gasteiger partial charge in [-0.3, -0.25) is 9.59 Å². The highest BCUT2D eigenvalue weighted by atomic mass is 16.5. The average Bonchev–Trinajstić information content (AvgIpc) is 2.43. The summed E-state index contributed by atoms with van der Waals surface area (Å²) in [5, 5.41) is 11.1. The number of carboxylic acid groups (broad SMARTS) is 1. The molecule has 0 aliphatic heterocycles. The van der Waals surface area contributed by atoms with Gasteiger partial charge in [-0.1, -0.05) is 0 Å². The monoisotopic (exact) mass is 282 g/mol. The van der Waals surface area contributed by atoms with Crippen molar-refractivity contribution in [1.82, 2.24) is 5.32 Å². The summed E-state index contributed by atoms with van der Waals surface area (Å²) in [6.07, 6.45) is -0.416. The van der Waals surface area contributed by atoms with Crippen LogP contribution in [0.3, 0.4) is 0 Å². The number of carboxylic acids is 1.